The van der Waals surface area contributed by atoms with Crippen molar-refractivity contribution in [3.05, 3.63) is 237 Å². The molecule has 13 heteroatoms. The van der Waals surface area contributed by atoms with Gasteiger partial charge < -0.3 is 9.13 Å². The van der Waals surface area contributed by atoms with Crippen LogP contribution >= 0.6 is 0 Å². The summed E-state index contributed by atoms with van der Waals surface area (Å²) in [5.41, 5.74) is 11.4. The molecule has 0 saturated heterocycles. The summed E-state index contributed by atoms with van der Waals surface area (Å²) in [6.07, 6.45) is -13.8. The molecule has 84 heavy (non-hydrogen) atoms. The van der Waals surface area contributed by atoms with E-state index in [2.05, 4.69) is 18.2 Å². The van der Waals surface area contributed by atoms with E-state index in [0.717, 1.165) is 52.6 Å². The third-order valence-corrected chi connectivity index (χ3v) is 16.1. The second-order valence-electron chi connectivity index (χ2n) is 21.7. The predicted octanol–water partition coefficient (Wildman–Crippen LogP) is 20.9. The summed E-state index contributed by atoms with van der Waals surface area (Å²) in [7, 11) is 0. The van der Waals surface area contributed by atoms with Crippen LogP contribution in [0, 0.1) is 64.2 Å². The molecular weight excluding hydrogens is 1080 g/mol. The minimum Gasteiger partial charge on any atom is -0.308 e. The maximum absolute atomic E-state index is 14.9. The lowest BCUT2D eigenvalue weighted by Gasteiger charge is -2.22. The van der Waals surface area contributed by atoms with Gasteiger partial charge in [-0.3, -0.25) is 0 Å². The van der Waals surface area contributed by atoms with Crippen LogP contribution in [0.25, 0.3) is 111 Å². The third kappa shape index (κ3) is 9.40. The Morgan fingerprint density at radius 1 is 0.321 bits per heavy atom. The molecule has 0 spiro atoms. The fourth-order valence-electron chi connectivity index (χ4n) is 12.2. The predicted molar refractivity (Wildman–Crippen MR) is 315 cm³/mol. The number of nitrogens with zero attached hydrogens (tertiary/aromatic N) is 4. The first kappa shape index (κ1) is 54.7. The summed E-state index contributed by atoms with van der Waals surface area (Å²) in [6.45, 7) is 10.7. The standard InChI is InChI=1S/C71H47F9N4/c1-38-7-16-52(40(3)25-38)46-10-21-64-59(32-46)60-35-49(56-17-8-39(2)26-61(56)71(78,79)80)13-24-65(60)84(64)67-31-45(37-82)30-66(68(67)55-18-9-44(36-81)27-41(55)4)83-62-22-11-47(53-19-14-50(28-42(53)5)69(72,73)74)33-57(62)58-34-48(12-23-63(58)83)54-20-15-51(29-43(54)6)70(75,76)77/h7-35H,1-6H3. The molecule has 0 aliphatic heterocycles. The first-order valence-electron chi connectivity index (χ1n) is 26.8. The summed E-state index contributed by atoms with van der Waals surface area (Å²) in [6, 6.07) is 53.4. The van der Waals surface area contributed by atoms with Crippen LogP contribution < -0.4 is 0 Å². The summed E-state index contributed by atoms with van der Waals surface area (Å²) in [4.78, 5) is 0. The van der Waals surface area contributed by atoms with Gasteiger partial charge in [-0.05, 0) is 217 Å². The van der Waals surface area contributed by atoms with Gasteiger partial charge in [0.15, 0.2) is 0 Å². The molecule has 12 aromatic rings. The second-order valence-corrected chi connectivity index (χ2v) is 21.7. The highest BCUT2D eigenvalue weighted by atomic mass is 19.4. The Morgan fingerprint density at radius 2 is 0.679 bits per heavy atom. The van der Waals surface area contributed by atoms with Crippen molar-refractivity contribution in [1.82, 2.24) is 9.13 Å². The number of hydrogen-bond acceptors (Lipinski definition) is 2. The van der Waals surface area contributed by atoms with E-state index in [4.69, 9.17) is 0 Å². The van der Waals surface area contributed by atoms with E-state index in [9.17, 15) is 50.0 Å². The van der Waals surface area contributed by atoms with Gasteiger partial charge in [0.2, 0.25) is 0 Å². The molecule has 0 bridgehead atoms. The number of hydrogen-bond donors (Lipinski definition) is 0. The number of alkyl halides is 9. The van der Waals surface area contributed by atoms with Crippen LogP contribution in [0.1, 0.15) is 61.2 Å². The molecule has 0 radical (unpaired) electrons. The van der Waals surface area contributed by atoms with Gasteiger partial charge in [-0.15, -0.1) is 0 Å². The lowest BCUT2D eigenvalue weighted by Crippen LogP contribution is -2.07. The van der Waals surface area contributed by atoms with Gasteiger partial charge in [0.1, 0.15) is 0 Å². The van der Waals surface area contributed by atoms with Crippen LogP contribution in [0.5, 0.6) is 0 Å². The Bertz CT molecular complexity index is 4720. The summed E-state index contributed by atoms with van der Waals surface area (Å²) < 4.78 is 133. The van der Waals surface area contributed by atoms with E-state index in [1.165, 1.54) is 18.2 Å². The van der Waals surface area contributed by atoms with E-state index < -0.39 is 35.2 Å². The molecule has 0 N–H and O–H groups in total. The van der Waals surface area contributed by atoms with Gasteiger partial charge in [0, 0.05) is 27.1 Å². The molecule has 0 atom stereocenters. The van der Waals surface area contributed by atoms with Crippen molar-refractivity contribution >= 4 is 43.6 Å². The molecule has 414 valence electrons. The second kappa shape index (κ2) is 20.0. The van der Waals surface area contributed by atoms with Gasteiger partial charge in [-0.1, -0.05) is 83.9 Å². The molecule has 0 unspecified atom stereocenters. The van der Waals surface area contributed by atoms with Crippen molar-refractivity contribution in [2.45, 2.75) is 60.1 Å². The van der Waals surface area contributed by atoms with E-state index in [1.54, 1.807) is 69.3 Å². The highest BCUT2D eigenvalue weighted by Gasteiger charge is 2.35. The number of aryl methyl sites for hydroxylation is 6. The van der Waals surface area contributed by atoms with Crippen molar-refractivity contribution < 1.29 is 39.5 Å². The number of rotatable bonds is 7. The number of nitriles is 2. The molecule has 0 saturated carbocycles. The van der Waals surface area contributed by atoms with Crippen molar-refractivity contribution in [3.63, 3.8) is 0 Å². The largest absolute Gasteiger partial charge is 0.417 e. The topological polar surface area (TPSA) is 57.4 Å². The first-order valence-corrected chi connectivity index (χ1v) is 26.8. The molecule has 0 fully saturated rings. The number of halogens is 9. The third-order valence-electron chi connectivity index (χ3n) is 16.1. The zero-order valence-corrected chi connectivity index (χ0v) is 45.9. The van der Waals surface area contributed by atoms with Gasteiger partial charge in [0.25, 0.3) is 0 Å². The lowest BCUT2D eigenvalue weighted by molar-refractivity contribution is -0.138. The summed E-state index contributed by atoms with van der Waals surface area (Å²) in [5, 5.41) is 24.0. The fraction of sp³-hybridized carbons (Fsp3) is 0.127. The van der Waals surface area contributed by atoms with Gasteiger partial charge in [0.05, 0.1) is 73.4 Å². The van der Waals surface area contributed by atoms with Crippen LogP contribution in [-0.2, 0) is 18.5 Å². The molecule has 10 aromatic carbocycles. The SMILES string of the molecule is Cc1ccc(-c2ccc3c(c2)c2cc(-c4ccc(C)cc4C(F)(F)F)ccc2n3-c2cc(C#N)cc(-n3c4ccc(-c5ccc(C(F)(F)F)cc5C)cc4c4cc(-c5ccc(C(F)(F)F)cc5C)ccc43)c2-c2ccc(C#N)cc2C)c(C)c1. The maximum atomic E-state index is 14.9. The van der Waals surface area contributed by atoms with Gasteiger partial charge in [-0.25, -0.2) is 0 Å². The zero-order valence-electron chi connectivity index (χ0n) is 45.9. The van der Waals surface area contributed by atoms with Crippen molar-refractivity contribution in [3.8, 4) is 79.1 Å². The molecule has 2 heterocycles. The Labute approximate surface area is 477 Å². The monoisotopic (exact) mass is 1130 g/mol. The van der Waals surface area contributed by atoms with Crippen LogP contribution in [0.4, 0.5) is 39.5 Å². The normalized spacial score (nSPS) is 12.2. The van der Waals surface area contributed by atoms with Gasteiger partial charge in [-0.2, -0.15) is 50.0 Å². The van der Waals surface area contributed by atoms with Crippen molar-refractivity contribution in [2.75, 3.05) is 0 Å². The lowest BCUT2D eigenvalue weighted by atomic mass is 9.93. The number of benzene rings is 10. The molecule has 0 amide bonds. The van der Waals surface area contributed by atoms with E-state index in [0.29, 0.717) is 122 Å². The average molecular weight is 1130 g/mol. The van der Waals surface area contributed by atoms with Crippen LogP contribution in [0.3, 0.4) is 0 Å². The highest BCUT2D eigenvalue weighted by Crippen LogP contribution is 2.48. The number of fused-ring (bicyclic) bond motifs is 6. The molecule has 2 aromatic heterocycles. The fourth-order valence-corrected chi connectivity index (χ4v) is 12.2. The Balaban J connectivity index is 1.20. The Kier molecular flexibility index (Phi) is 13.0. The molecular formula is C71H47F9N4. The molecule has 4 nitrogen and oxygen atoms in total. The first-order chi connectivity index (χ1) is 39.9. The molecule has 12 rings (SSSR count). The number of aromatic nitrogens is 2. The summed E-state index contributed by atoms with van der Waals surface area (Å²) >= 11 is 0. The minimum absolute atomic E-state index is 0.00346. The Morgan fingerprint density at radius 3 is 1.05 bits per heavy atom. The quantitative estimate of drug-likeness (QED) is 0.149. The van der Waals surface area contributed by atoms with Gasteiger partial charge >= 0.3 is 18.5 Å². The average Bonchev–Trinajstić information content (AvgIpc) is 1.61. The zero-order chi connectivity index (χ0) is 59.5. The minimum atomic E-state index is -4.67. The van der Waals surface area contributed by atoms with Crippen LogP contribution in [-0.4, -0.2) is 9.13 Å². The van der Waals surface area contributed by atoms with Crippen LogP contribution in [0.2, 0.25) is 0 Å². The van der Waals surface area contributed by atoms with E-state index in [1.807, 2.05) is 103 Å². The smallest absolute Gasteiger partial charge is 0.308 e. The van der Waals surface area contributed by atoms with Crippen LogP contribution in [0.15, 0.2) is 176 Å². The van der Waals surface area contributed by atoms with Crippen molar-refractivity contribution in [1.29, 1.82) is 10.5 Å². The summed E-state index contributed by atoms with van der Waals surface area (Å²) in [5.74, 6) is 0. The maximum Gasteiger partial charge on any atom is 0.417 e. The highest BCUT2D eigenvalue weighted by molar-refractivity contribution is 6.15. The Hall–Kier alpha value is -9.85. The van der Waals surface area contributed by atoms with E-state index >= 15 is 0 Å². The molecule has 0 aliphatic rings. The van der Waals surface area contributed by atoms with Crippen molar-refractivity contribution in [2.24, 2.45) is 0 Å². The molecule has 0 aliphatic carbocycles. The van der Waals surface area contributed by atoms with E-state index in [-0.39, 0.29) is 11.1 Å².